The topological polar surface area (TPSA) is 0 Å². The molecular weight excluding hydrogens is 350 g/mol. The summed E-state index contributed by atoms with van der Waals surface area (Å²) in [6, 6.07) is 8.91. The number of hydrogen-bond donors (Lipinski definition) is 0. The molecule has 56 valence electrons. The van der Waals surface area contributed by atoms with Crippen LogP contribution in [0.3, 0.4) is 0 Å². The number of aryl methyl sites for hydroxylation is 1. The molecule has 0 atom stereocenters. The summed E-state index contributed by atoms with van der Waals surface area (Å²) in [5.41, 5.74) is 1.36. The fourth-order valence-corrected chi connectivity index (χ4v) is 3.88. The summed E-state index contributed by atoms with van der Waals surface area (Å²) in [7, 11) is 0. The van der Waals surface area contributed by atoms with E-state index in [1.807, 2.05) is 0 Å². The zero-order valence-electron chi connectivity index (χ0n) is 6.07. The van der Waals surface area contributed by atoms with Crippen molar-refractivity contribution in [3.8, 4) is 0 Å². The summed E-state index contributed by atoms with van der Waals surface area (Å²) in [5, 5.41) is 0. The van der Waals surface area contributed by atoms with Crippen molar-refractivity contribution in [1.82, 2.24) is 0 Å². The van der Waals surface area contributed by atoms with Gasteiger partial charge in [-0.1, -0.05) is 0 Å². The zero-order chi connectivity index (χ0) is 7.56. The van der Waals surface area contributed by atoms with E-state index in [4.69, 9.17) is 0 Å². The zero-order valence-corrected chi connectivity index (χ0v) is 10.4. The third kappa shape index (κ3) is 2.38. The average Bonchev–Trinajstić information content (AvgIpc) is 1.88. The molecule has 2 heteroatoms. The summed E-state index contributed by atoms with van der Waals surface area (Å²) < 4.78 is 1.57. The number of hydrogen-bond acceptors (Lipinski definition) is 0. The molecule has 1 aromatic carbocycles. The van der Waals surface area contributed by atoms with Crippen LogP contribution in [-0.2, 0) is 0 Å². The third-order valence-electron chi connectivity index (χ3n) is 1.31. The number of benzene rings is 1. The van der Waals surface area contributed by atoms with Crippen LogP contribution < -0.4 is 0 Å². The summed E-state index contributed by atoms with van der Waals surface area (Å²) in [6.07, 6.45) is 0. The fraction of sp³-hybridized carbons (Fsp3) is 0.250. The van der Waals surface area contributed by atoms with Crippen molar-refractivity contribution in [1.29, 1.82) is 0 Å². The van der Waals surface area contributed by atoms with Crippen LogP contribution in [0, 0.1) is 10.5 Å². The first kappa shape index (κ1) is 8.77. The van der Waals surface area contributed by atoms with Gasteiger partial charge in [0.05, 0.1) is 0 Å². The molecule has 0 spiro atoms. The maximum absolute atomic E-state index is 2.58. The first-order valence-corrected chi connectivity index (χ1v) is 12.6. The van der Waals surface area contributed by atoms with E-state index in [0.717, 1.165) is 0 Å². The first-order chi connectivity index (χ1) is 4.70. The third-order valence-corrected chi connectivity index (χ3v) is 6.91. The SMILES string of the molecule is Cc1ccc(I(C)I)cc1. The van der Waals surface area contributed by atoms with Crippen molar-refractivity contribution in [2.45, 2.75) is 6.92 Å². The maximum atomic E-state index is 2.58. The summed E-state index contributed by atoms with van der Waals surface area (Å²) >= 11 is 1.84. The van der Waals surface area contributed by atoms with Gasteiger partial charge in [0.2, 0.25) is 0 Å². The van der Waals surface area contributed by atoms with Gasteiger partial charge in [-0.25, -0.2) is 0 Å². The molecular formula is C8H10I2. The fourth-order valence-electron chi connectivity index (χ4n) is 0.707. The Hall–Kier alpha value is 0.680. The van der Waals surface area contributed by atoms with Gasteiger partial charge in [-0.15, -0.1) is 0 Å². The number of halogens is 2. The second-order valence-electron chi connectivity index (χ2n) is 2.20. The molecule has 0 bridgehead atoms. The summed E-state index contributed by atoms with van der Waals surface area (Å²) in [6.45, 7) is 2.13. The molecule has 0 saturated carbocycles. The molecule has 0 saturated heterocycles. The second kappa shape index (κ2) is 3.90. The normalized spacial score (nSPS) is 11.3. The van der Waals surface area contributed by atoms with Crippen molar-refractivity contribution in [3.05, 3.63) is 33.4 Å². The minimum absolute atomic E-state index is 0.733. The van der Waals surface area contributed by atoms with Gasteiger partial charge in [0.15, 0.2) is 0 Å². The molecule has 10 heavy (non-hydrogen) atoms. The van der Waals surface area contributed by atoms with Crippen molar-refractivity contribution < 1.29 is 0 Å². The monoisotopic (exact) mass is 360 g/mol. The van der Waals surface area contributed by atoms with Crippen LogP contribution >= 0.6 is 34.5 Å². The van der Waals surface area contributed by atoms with Crippen molar-refractivity contribution in [3.63, 3.8) is 0 Å². The van der Waals surface area contributed by atoms with Gasteiger partial charge in [-0.05, 0) is 0 Å². The standard InChI is InChI=1S/C8H10I2/c1-7-3-5-8(6-4-7)10(2)9/h3-6H,1-2H3. The second-order valence-corrected chi connectivity index (χ2v) is 14.0. The molecule has 0 amide bonds. The van der Waals surface area contributed by atoms with Crippen LogP contribution in [0.5, 0.6) is 0 Å². The Morgan fingerprint density at radius 1 is 1.20 bits per heavy atom. The van der Waals surface area contributed by atoms with E-state index in [-0.39, 0.29) is 0 Å². The molecule has 0 aliphatic carbocycles. The van der Waals surface area contributed by atoms with Crippen LogP contribution in [-0.4, -0.2) is 4.93 Å². The van der Waals surface area contributed by atoms with E-state index in [1.54, 1.807) is 3.57 Å². The van der Waals surface area contributed by atoms with Crippen LogP contribution in [0.4, 0.5) is 0 Å². The molecule has 1 aromatic rings. The molecule has 0 nitrogen and oxygen atoms in total. The van der Waals surface area contributed by atoms with Crippen LogP contribution in [0.25, 0.3) is 0 Å². The van der Waals surface area contributed by atoms with Gasteiger partial charge in [-0.2, -0.15) is 0 Å². The van der Waals surface area contributed by atoms with Gasteiger partial charge in [0.25, 0.3) is 0 Å². The number of alkyl halides is 1. The Kier molecular flexibility index (Phi) is 3.42. The Morgan fingerprint density at radius 3 is 2.10 bits per heavy atom. The molecule has 0 heterocycles. The van der Waals surface area contributed by atoms with Crippen molar-refractivity contribution >= 4 is 34.5 Å². The van der Waals surface area contributed by atoms with Gasteiger partial charge < -0.3 is 0 Å². The number of rotatable bonds is 1. The summed E-state index contributed by atoms with van der Waals surface area (Å²) in [4.78, 5) is 2.36. The van der Waals surface area contributed by atoms with Crippen molar-refractivity contribution in [2.75, 3.05) is 4.93 Å². The molecule has 0 N–H and O–H groups in total. The molecule has 0 aromatic heterocycles. The van der Waals surface area contributed by atoms with Crippen molar-refractivity contribution in [2.24, 2.45) is 0 Å². The van der Waals surface area contributed by atoms with E-state index in [9.17, 15) is 0 Å². The van der Waals surface area contributed by atoms with E-state index < -0.39 is 15.8 Å². The molecule has 1 rings (SSSR count). The van der Waals surface area contributed by atoms with Gasteiger partial charge in [0, 0.05) is 0 Å². The molecule has 0 fully saturated rings. The molecule has 0 radical (unpaired) electrons. The van der Waals surface area contributed by atoms with Crippen LogP contribution in [0.2, 0.25) is 0 Å². The Labute approximate surface area is 79.0 Å². The quantitative estimate of drug-likeness (QED) is 0.530. The van der Waals surface area contributed by atoms with Crippen LogP contribution in [0.1, 0.15) is 5.56 Å². The van der Waals surface area contributed by atoms with E-state index >= 15 is 0 Å². The first-order valence-electron chi connectivity index (χ1n) is 3.03. The Bertz CT molecular complexity index is 201. The predicted octanol–water partition coefficient (Wildman–Crippen LogP) is 3.65. The van der Waals surface area contributed by atoms with E-state index in [2.05, 4.69) is 54.7 Å². The molecule has 0 aliphatic heterocycles. The van der Waals surface area contributed by atoms with Crippen LogP contribution in [0.15, 0.2) is 24.3 Å². The minimum atomic E-state index is -0.733. The van der Waals surface area contributed by atoms with Gasteiger partial charge >= 0.3 is 79.7 Å². The van der Waals surface area contributed by atoms with Gasteiger partial charge in [0.1, 0.15) is 0 Å². The van der Waals surface area contributed by atoms with E-state index in [0.29, 0.717) is 0 Å². The summed E-state index contributed by atoms with van der Waals surface area (Å²) in [5.74, 6) is 0. The Balaban J connectivity index is 2.89. The molecule has 0 aliphatic rings. The average molecular weight is 360 g/mol. The predicted molar refractivity (Wildman–Crippen MR) is 63.8 cm³/mol. The van der Waals surface area contributed by atoms with Gasteiger partial charge in [-0.3, -0.25) is 0 Å². The Morgan fingerprint density at radius 2 is 1.70 bits per heavy atom. The van der Waals surface area contributed by atoms with E-state index in [1.165, 1.54) is 5.56 Å². The molecule has 0 unspecified atom stereocenters.